The lowest BCUT2D eigenvalue weighted by molar-refractivity contribution is -0.138. The Hall–Kier alpha value is -1.10. The molecule has 0 heterocycles. The van der Waals surface area contributed by atoms with Crippen LogP contribution in [0, 0.1) is 0 Å². The molecule has 0 saturated heterocycles. The highest BCUT2D eigenvalue weighted by atomic mass is 16.4. The maximum absolute atomic E-state index is 11.8. The first-order chi connectivity index (χ1) is 8.06. The number of carbonyl (C=O) groups excluding carboxylic acids is 1. The molecular weight excluding hydrogens is 220 g/mol. The molecule has 0 spiro atoms. The predicted octanol–water partition coefficient (Wildman–Crippen LogP) is 0.840. The first-order valence-corrected chi connectivity index (χ1v) is 6.31. The summed E-state index contributed by atoms with van der Waals surface area (Å²) < 4.78 is 0. The van der Waals surface area contributed by atoms with Crippen molar-refractivity contribution in [2.24, 2.45) is 0 Å². The smallest absolute Gasteiger partial charge is 0.304 e. The number of amides is 1. The van der Waals surface area contributed by atoms with Crippen LogP contribution < -0.4 is 5.32 Å². The van der Waals surface area contributed by atoms with Gasteiger partial charge < -0.3 is 10.4 Å². The van der Waals surface area contributed by atoms with Gasteiger partial charge in [0.25, 0.3) is 0 Å². The van der Waals surface area contributed by atoms with E-state index in [4.69, 9.17) is 5.11 Å². The van der Waals surface area contributed by atoms with Crippen LogP contribution in [0.5, 0.6) is 0 Å². The van der Waals surface area contributed by atoms with E-state index in [9.17, 15) is 9.59 Å². The number of hydrogen-bond donors (Lipinski definition) is 2. The van der Waals surface area contributed by atoms with Crippen LogP contribution in [-0.4, -0.2) is 47.1 Å². The van der Waals surface area contributed by atoms with E-state index in [-0.39, 0.29) is 18.4 Å². The normalized spacial score (nSPS) is 16.9. The minimum absolute atomic E-state index is 0.00383. The zero-order valence-electron chi connectivity index (χ0n) is 10.6. The summed E-state index contributed by atoms with van der Waals surface area (Å²) in [6.45, 7) is 5.00. The van der Waals surface area contributed by atoms with Crippen LogP contribution in [0.4, 0.5) is 0 Å². The van der Waals surface area contributed by atoms with Crippen molar-refractivity contribution in [3.8, 4) is 0 Å². The molecule has 0 radical (unpaired) electrons. The topological polar surface area (TPSA) is 69.6 Å². The van der Waals surface area contributed by atoms with Crippen molar-refractivity contribution in [2.75, 3.05) is 13.1 Å². The quantitative estimate of drug-likeness (QED) is 0.662. The largest absolute Gasteiger partial charge is 0.481 e. The molecule has 0 aromatic rings. The number of rotatable bonds is 8. The standard InChI is InChI=1S/C12H22N2O3/c1-3-7-13-12(17)9(2)14(10-4-5-10)8-6-11(15)16/h9-10H,3-8H2,1-2H3,(H,13,17)(H,15,16). The van der Waals surface area contributed by atoms with Gasteiger partial charge >= 0.3 is 5.97 Å². The van der Waals surface area contributed by atoms with Crippen molar-refractivity contribution >= 4 is 11.9 Å². The van der Waals surface area contributed by atoms with E-state index in [1.165, 1.54) is 0 Å². The van der Waals surface area contributed by atoms with Crippen molar-refractivity contribution in [3.63, 3.8) is 0 Å². The number of aliphatic carboxylic acids is 1. The molecule has 5 nitrogen and oxygen atoms in total. The summed E-state index contributed by atoms with van der Waals surface area (Å²) in [5, 5.41) is 11.6. The summed E-state index contributed by atoms with van der Waals surface area (Å²) in [6, 6.07) is 0.171. The molecule has 1 atom stereocenters. The Bertz CT molecular complexity index is 277. The molecule has 5 heteroatoms. The molecule has 1 amide bonds. The predicted molar refractivity (Wildman–Crippen MR) is 64.7 cm³/mol. The van der Waals surface area contributed by atoms with Crippen LogP contribution in [0.25, 0.3) is 0 Å². The van der Waals surface area contributed by atoms with Gasteiger partial charge in [0.1, 0.15) is 0 Å². The van der Waals surface area contributed by atoms with Gasteiger partial charge in [0, 0.05) is 19.1 Å². The molecule has 1 aliphatic carbocycles. The van der Waals surface area contributed by atoms with Crippen molar-refractivity contribution in [1.82, 2.24) is 10.2 Å². The molecule has 1 unspecified atom stereocenters. The zero-order chi connectivity index (χ0) is 12.8. The summed E-state index contributed by atoms with van der Waals surface area (Å²) in [6.07, 6.45) is 3.16. The number of nitrogens with one attached hydrogen (secondary N) is 1. The van der Waals surface area contributed by atoms with E-state index < -0.39 is 5.97 Å². The van der Waals surface area contributed by atoms with Crippen molar-refractivity contribution in [2.45, 2.75) is 51.6 Å². The van der Waals surface area contributed by atoms with Gasteiger partial charge in [-0.15, -0.1) is 0 Å². The maximum atomic E-state index is 11.8. The molecule has 1 rings (SSSR count). The Morgan fingerprint density at radius 2 is 2.12 bits per heavy atom. The monoisotopic (exact) mass is 242 g/mol. The van der Waals surface area contributed by atoms with Gasteiger partial charge in [-0.05, 0) is 26.2 Å². The van der Waals surface area contributed by atoms with E-state index in [0.29, 0.717) is 19.1 Å². The molecule has 98 valence electrons. The second-order valence-corrected chi connectivity index (χ2v) is 4.58. The van der Waals surface area contributed by atoms with Crippen LogP contribution in [0.15, 0.2) is 0 Å². The third-order valence-corrected chi connectivity index (χ3v) is 3.03. The van der Waals surface area contributed by atoms with Crippen LogP contribution in [0.3, 0.4) is 0 Å². The fraction of sp³-hybridized carbons (Fsp3) is 0.833. The van der Waals surface area contributed by atoms with Gasteiger partial charge in [0.15, 0.2) is 0 Å². The molecule has 0 aromatic heterocycles. The molecule has 0 aliphatic heterocycles. The minimum Gasteiger partial charge on any atom is -0.481 e. The highest BCUT2D eigenvalue weighted by molar-refractivity contribution is 5.81. The van der Waals surface area contributed by atoms with Crippen LogP contribution in [0.1, 0.15) is 39.5 Å². The summed E-state index contributed by atoms with van der Waals surface area (Å²) in [7, 11) is 0. The second kappa shape index (κ2) is 6.59. The first-order valence-electron chi connectivity index (χ1n) is 6.31. The molecule has 1 fully saturated rings. The highest BCUT2D eigenvalue weighted by Crippen LogP contribution is 2.28. The fourth-order valence-electron chi connectivity index (χ4n) is 1.87. The third kappa shape index (κ3) is 4.73. The molecule has 17 heavy (non-hydrogen) atoms. The van der Waals surface area contributed by atoms with Crippen molar-refractivity contribution < 1.29 is 14.7 Å². The van der Waals surface area contributed by atoms with Gasteiger partial charge in [-0.1, -0.05) is 6.92 Å². The molecule has 0 bridgehead atoms. The number of carboxylic acids is 1. The molecular formula is C12H22N2O3. The average molecular weight is 242 g/mol. The lowest BCUT2D eigenvalue weighted by Gasteiger charge is -2.27. The number of nitrogens with zero attached hydrogens (tertiary/aromatic N) is 1. The first kappa shape index (κ1) is 14.0. The number of carboxylic acid groups (broad SMARTS) is 1. The fourth-order valence-corrected chi connectivity index (χ4v) is 1.87. The summed E-state index contributed by atoms with van der Waals surface area (Å²) in [4.78, 5) is 24.4. The number of hydrogen-bond acceptors (Lipinski definition) is 3. The van der Waals surface area contributed by atoms with Crippen molar-refractivity contribution in [3.05, 3.63) is 0 Å². The van der Waals surface area contributed by atoms with Gasteiger partial charge in [-0.2, -0.15) is 0 Å². The molecule has 2 N–H and O–H groups in total. The minimum atomic E-state index is -0.809. The van der Waals surface area contributed by atoms with Gasteiger partial charge in [0.2, 0.25) is 5.91 Å². The summed E-state index contributed by atoms with van der Waals surface area (Å²) in [5.74, 6) is -0.805. The van der Waals surface area contributed by atoms with E-state index >= 15 is 0 Å². The van der Waals surface area contributed by atoms with Gasteiger partial charge in [-0.25, -0.2) is 0 Å². The van der Waals surface area contributed by atoms with Crippen LogP contribution in [-0.2, 0) is 9.59 Å². The van der Waals surface area contributed by atoms with Crippen LogP contribution >= 0.6 is 0 Å². The van der Waals surface area contributed by atoms with E-state index in [2.05, 4.69) is 5.32 Å². The van der Waals surface area contributed by atoms with E-state index in [0.717, 1.165) is 19.3 Å². The molecule has 1 saturated carbocycles. The van der Waals surface area contributed by atoms with Gasteiger partial charge in [-0.3, -0.25) is 14.5 Å². The van der Waals surface area contributed by atoms with E-state index in [1.807, 2.05) is 18.7 Å². The summed E-state index contributed by atoms with van der Waals surface area (Å²) >= 11 is 0. The Balaban J connectivity index is 2.44. The molecule has 1 aliphatic rings. The Labute approximate surface area is 102 Å². The lowest BCUT2D eigenvalue weighted by Crippen LogP contribution is -2.47. The van der Waals surface area contributed by atoms with Gasteiger partial charge in [0.05, 0.1) is 12.5 Å². The van der Waals surface area contributed by atoms with Crippen LogP contribution in [0.2, 0.25) is 0 Å². The lowest BCUT2D eigenvalue weighted by atomic mass is 10.2. The second-order valence-electron chi connectivity index (χ2n) is 4.58. The Morgan fingerprint density at radius 3 is 2.59 bits per heavy atom. The average Bonchev–Trinajstić information content (AvgIpc) is 3.09. The molecule has 0 aromatic carbocycles. The van der Waals surface area contributed by atoms with Crippen molar-refractivity contribution in [1.29, 1.82) is 0 Å². The zero-order valence-corrected chi connectivity index (χ0v) is 10.6. The Morgan fingerprint density at radius 1 is 1.47 bits per heavy atom. The summed E-state index contributed by atoms with van der Waals surface area (Å²) in [5.41, 5.74) is 0. The SMILES string of the molecule is CCCNC(=O)C(C)N(CCC(=O)O)C1CC1. The van der Waals surface area contributed by atoms with E-state index in [1.54, 1.807) is 0 Å². The third-order valence-electron chi connectivity index (χ3n) is 3.03. The maximum Gasteiger partial charge on any atom is 0.304 e. The Kier molecular flexibility index (Phi) is 5.41. The number of carbonyl (C=O) groups is 2. The highest BCUT2D eigenvalue weighted by Gasteiger charge is 2.34.